The molecular weight excluding hydrogens is 394 g/mol. The minimum absolute atomic E-state index is 0.0805. The second-order valence-corrected chi connectivity index (χ2v) is 9.17. The van der Waals surface area contributed by atoms with Crippen molar-refractivity contribution >= 4 is 35.0 Å². The third-order valence-corrected chi connectivity index (χ3v) is 6.95. The predicted molar refractivity (Wildman–Crippen MR) is 112 cm³/mol. The Labute approximate surface area is 173 Å². The largest absolute Gasteiger partial charge is 0.476 e. The zero-order chi connectivity index (χ0) is 20.1. The van der Waals surface area contributed by atoms with Gasteiger partial charge < -0.3 is 15.3 Å². The van der Waals surface area contributed by atoms with E-state index >= 15 is 0 Å². The summed E-state index contributed by atoms with van der Waals surface area (Å²) in [6.45, 7) is 5.64. The lowest BCUT2D eigenvalue weighted by Gasteiger charge is -2.26. The fourth-order valence-corrected chi connectivity index (χ4v) is 5.06. The van der Waals surface area contributed by atoms with Gasteiger partial charge in [-0.15, -0.1) is 11.3 Å². The molecule has 0 saturated carbocycles. The number of carboxylic acids is 1. The minimum atomic E-state index is -1.01. The predicted octanol–water partition coefficient (Wildman–Crippen LogP) is 3.58. The maximum Gasteiger partial charge on any atom is 0.355 e. The Bertz CT molecular complexity index is 822. The lowest BCUT2D eigenvalue weighted by molar-refractivity contribution is -0.128. The summed E-state index contributed by atoms with van der Waals surface area (Å²) in [5.74, 6) is -0.102. The summed E-state index contributed by atoms with van der Waals surface area (Å²) in [6, 6.07) is 8.94. The van der Waals surface area contributed by atoms with Gasteiger partial charge in [0.05, 0.1) is 0 Å². The van der Waals surface area contributed by atoms with Crippen LogP contribution in [0.2, 0.25) is 0 Å². The van der Waals surface area contributed by atoms with Crippen LogP contribution in [0.5, 0.6) is 0 Å². The molecular formula is C20H25N3O3S2. The number of aromatic nitrogens is 1. The van der Waals surface area contributed by atoms with Crippen molar-refractivity contribution in [1.29, 1.82) is 0 Å². The Kier molecular flexibility index (Phi) is 7.09. The van der Waals surface area contributed by atoms with Crippen molar-refractivity contribution < 1.29 is 14.7 Å². The molecule has 150 valence electrons. The molecule has 0 unspecified atom stereocenters. The van der Waals surface area contributed by atoms with Crippen molar-refractivity contribution in [2.24, 2.45) is 0 Å². The third-order valence-electron chi connectivity index (χ3n) is 4.95. The van der Waals surface area contributed by atoms with E-state index in [-0.39, 0.29) is 23.7 Å². The number of carbonyl (C=O) groups is 2. The topological polar surface area (TPSA) is 82.5 Å². The highest BCUT2D eigenvalue weighted by molar-refractivity contribution is 8.01. The van der Waals surface area contributed by atoms with Crippen LogP contribution in [0.4, 0.5) is 0 Å². The summed E-state index contributed by atoms with van der Waals surface area (Å²) in [6.07, 6.45) is 1.47. The molecule has 1 aromatic carbocycles. The van der Waals surface area contributed by atoms with Gasteiger partial charge in [0.2, 0.25) is 5.91 Å². The highest BCUT2D eigenvalue weighted by Gasteiger charge is 2.30. The van der Waals surface area contributed by atoms with Crippen LogP contribution in [-0.4, -0.2) is 51.8 Å². The highest BCUT2D eigenvalue weighted by atomic mass is 32.2. The van der Waals surface area contributed by atoms with Crippen molar-refractivity contribution in [3.8, 4) is 0 Å². The Hall–Kier alpha value is -1.90. The van der Waals surface area contributed by atoms with E-state index < -0.39 is 5.97 Å². The first-order chi connectivity index (χ1) is 13.4. The Morgan fingerprint density at radius 3 is 2.86 bits per heavy atom. The molecule has 3 rings (SSSR count). The number of thiazole rings is 1. The van der Waals surface area contributed by atoms with E-state index in [1.54, 1.807) is 5.38 Å². The molecule has 1 amide bonds. The minimum Gasteiger partial charge on any atom is -0.476 e. The smallest absolute Gasteiger partial charge is 0.355 e. The molecule has 2 heterocycles. The molecule has 0 bridgehead atoms. The van der Waals surface area contributed by atoms with Gasteiger partial charge in [0.1, 0.15) is 0 Å². The molecule has 28 heavy (non-hydrogen) atoms. The first-order valence-corrected chi connectivity index (χ1v) is 11.2. The number of likely N-dealkylation sites (tertiary alicyclic amines) is 1. The van der Waals surface area contributed by atoms with Crippen molar-refractivity contribution in [2.45, 2.75) is 43.1 Å². The third kappa shape index (κ3) is 5.33. The van der Waals surface area contributed by atoms with Gasteiger partial charge in [0, 0.05) is 42.7 Å². The van der Waals surface area contributed by atoms with Gasteiger partial charge in [0.15, 0.2) is 10.0 Å². The molecule has 1 aromatic heterocycles. The van der Waals surface area contributed by atoms with Crippen LogP contribution >= 0.6 is 23.1 Å². The molecule has 0 aliphatic carbocycles. The number of carboxylic acid groups (broad SMARTS) is 1. The number of hydrogen-bond donors (Lipinski definition) is 2. The zero-order valence-electron chi connectivity index (χ0n) is 16.1. The lowest BCUT2D eigenvalue weighted by atomic mass is 10.1. The molecule has 2 aromatic rings. The summed E-state index contributed by atoms with van der Waals surface area (Å²) in [4.78, 5) is 29.2. The average Bonchev–Trinajstić information content (AvgIpc) is 3.28. The first-order valence-electron chi connectivity index (χ1n) is 9.35. The van der Waals surface area contributed by atoms with Crippen LogP contribution in [0, 0.1) is 6.92 Å². The normalized spacial score (nSPS) is 17.9. The standard InChI is InChI=1S/C20H25N3O3S2/c1-13-3-5-15(6-4-13)14(2)21-11-16-7-8-18(24)23(16)9-10-27-20-22-17(12-28-20)19(25)26/h3-6,12,14,16,21H,7-11H2,1-2H3,(H,25,26)/t14-,16-/m1/s1. The van der Waals surface area contributed by atoms with Gasteiger partial charge in [-0.3, -0.25) is 4.79 Å². The first kappa shape index (κ1) is 20.8. The van der Waals surface area contributed by atoms with Crippen molar-refractivity contribution in [3.63, 3.8) is 0 Å². The molecule has 1 aliphatic rings. The molecule has 8 heteroatoms. The summed E-state index contributed by atoms with van der Waals surface area (Å²) in [7, 11) is 0. The number of nitrogens with zero attached hydrogens (tertiary/aromatic N) is 2. The van der Waals surface area contributed by atoms with Crippen LogP contribution in [0.15, 0.2) is 34.0 Å². The summed E-state index contributed by atoms with van der Waals surface area (Å²) >= 11 is 2.83. The van der Waals surface area contributed by atoms with Crippen molar-refractivity contribution in [3.05, 3.63) is 46.5 Å². The van der Waals surface area contributed by atoms with Crippen LogP contribution in [0.1, 0.15) is 47.4 Å². The van der Waals surface area contributed by atoms with Gasteiger partial charge >= 0.3 is 5.97 Å². The Morgan fingerprint density at radius 1 is 1.43 bits per heavy atom. The summed E-state index contributed by atoms with van der Waals surface area (Å²) in [5.41, 5.74) is 2.57. The maximum absolute atomic E-state index is 12.3. The summed E-state index contributed by atoms with van der Waals surface area (Å²) in [5, 5.41) is 14.0. The van der Waals surface area contributed by atoms with E-state index in [0.29, 0.717) is 18.7 Å². The van der Waals surface area contributed by atoms with Gasteiger partial charge in [-0.05, 0) is 25.8 Å². The number of thioether (sulfide) groups is 1. The van der Waals surface area contributed by atoms with E-state index in [9.17, 15) is 9.59 Å². The SMILES string of the molecule is Cc1ccc([C@@H](C)NC[C@H]2CCC(=O)N2CCSc2nc(C(=O)O)cs2)cc1. The van der Waals surface area contributed by atoms with Crippen LogP contribution in [0.25, 0.3) is 0 Å². The van der Waals surface area contributed by atoms with E-state index in [0.717, 1.165) is 17.3 Å². The molecule has 2 atom stereocenters. The molecule has 0 radical (unpaired) electrons. The molecule has 1 saturated heterocycles. The van der Waals surface area contributed by atoms with Gasteiger partial charge in [0.25, 0.3) is 0 Å². The van der Waals surface area contributed by atoms with Crippen LogP contribution < -0.4 is 5.32 Å². The molecule has 2 N–H and O–H groups in total. The van der Waals surface area contributed by atoms with Crippen molar-refractivity contribution in [2.75, 3.05) is 18.8 Å². The lowest BCUT2D eigenvalue weighted by Crippen LogP contribution is -2.41. The van der Waals surface area contributed by atoms with E-state index in [1.807, 2.05) is 4.90 Å². The maximum atomic E-state index is 12.3. The molecule has 0 spiro atoms. The second-order valence-electron chi connectivity index (χ2n) is 6.97. The molecule has 6 nitrogen and oxygen atoms in total. The number of hydrogen-bond acceptors (Lipinski definition) is 6. The van der Waals surface area contributed by atoms with Crippen LogP contribution in [0.3, 0.4) is 0 Å². The number of carbonyl (C=O) groups excluding carboxylic acids is 1. The van der Waals surface area contributed by atoms with Gasteiger partial charge in [-0.2, -0.15) is 0 Å². The van der Waals surface area contributed by atoms with E-state index in [4.69, 9.17) is 5.11 Å². The summed E-state index contributed by atoms with van der Waals surface area (Å²) < 4.78 is 0.728. The van der Waals surface area contributed by atoms with Gasteiger partial charge in [-0.25, -0.2) is 9.78 Å². The fraction of sp³-hybridized carbons (Fsp3) is 0.450. The monoisotopic (exact) mass is 419 g/mol. The van der Waals surface area contributed by atoms with Crippen LogP contribution in [-0.2, 0) is 4.79 Å². The number of nitrogens with one attached hydrogen (secondary N) is 1. The quantitative estimate of drug-likeness (QED) is 0.605. The average molecular weight is 420 g/mol. The Balaban J connectivity index is 1.48. The number of amides is 1. The fourth-order valence-electron chi connectivity index (χ4n) is 3.25. The zero-order valence-corrected chi connectivity index (χ0v) is 17.7. The number of aryl methyl sites for hydroxylation is 1. The van der Waals surface area contributed by atoms with E-state index in [2.05, 4.69) is 48.4 Å². The molecule has 1 fully saturated rings. The highest BCUT2D eigenvalue weighted by Crippen LogP contribution is 2.25. The second kappa shape index (κ2) is 9.54. The van der Waals surface area contributed by atoms with Crippen molar-refractivity contribution in [1.82, 2.24) is 15.2 Å². The van der Waals surface area contributed by atoms with E-state index in [1.165, 1.54) is 34.2 Å². The number of aromatic carboxylic acids is 1. The van der Waals surface area contributed by atoms with Gasteiger partial charge in [-0.1, -0.05) is 41.6 Å². The molecule has 1 aliphatic heterocycles. The Morgan fingerprint density at radius 2 is 2.18 bits per heavy atom. The number of benzene rings is 1. The number of rotatable bonds is 9.